The summed E-state index contributed by atoms with van der Waals surface area (Å²) in [6.07, 6.45) is 0.640. The average Bonchev–Trinajstić information content (AvgIpc) is 2.90. The van der Waals surface area contributed by atoms with Gasteiger partial charge in [-0.25, -0.2) is 0 Å². The standard InChI is InChI=1S/C17H22N4O3/c1-10(7-18)19-8-11-3-2-4-12-13(11)9-21(17(12)24)14-5-6-15(22)20-16(14)23/h2-4,10,14,19H,5-9,18H2,1H3,(H,20,22,23)/t10-,14?/m0/s1. The molecule has 7 heteroatoms. The van der Waals surface area contributed by atoms with Gasteiger partial charge in [0.1, 0.15) is 6.04 Å². The molecule has 128 valence electrons. The molecule has 3 rings (SSSR count). The predicted octanol–water partition coefficient (Wildman–Crippen LogP) is -0.116. The van der Waals surface area contributed by atoms with Crippen molar-refractivity contribution in [3.8, 4) is 0 Å². The van der Waals surface area contributed by atoms with Crippen LogP contribution >= 0.6 is 0 Å². The van der Waals surface area contributed by atoms with Crippen molar-refractivity contribution in [3.63, 3.8) is 0 Å². The van der Waals surface area contributed by atoms with Gasteiger partial charge in [-0.05, 0) is 30.5 Å². The molecule has 1 aromatic carbocycles. The summed E-state index contributed by atoms with van der Waals surface area (Å²) >= 11 is 0. The summed E-state index contributed by atoms with van der Waals surface area (Å²) in [7, 11) is 0. The first kappa shape index (κ1) is 16.6. The minimum absolute atomic E-state index is 0.145. The summed E-state index contributed by atoms with van der Waals surface area (Å²) in [5.41, 5.74) is 8.24. The number of carbonyl (C=O) groups excluding carboxylic acids is 3. The summed E-state index contributed by atoms with van der Waals surface area (Å²) in [5.74, 6) is -0.807. The van der Waals surface area contributed by atoms with Gasteiger partial charge in [0.2, 0.25) is 11.8 Å². The topological polar surface area (TPSA) is 105 Å². The van der Waals surface area contributed by atoms with Crippen molar-refractivity contribution in [2.45, 2.75) is 44.9 Å². The maximum Gasteiger partial charge on any atom is 0.255 e. The largest absolute Gasteiger partial charge is 0.329 e. The van der Waals surface area contributed by atoms with Gasteiger partial charge in [0.25, 0.3) is 5.91 Å². The smallest absolute Gasteiger partial charge is 0.255 e. The Labute approximate surface area is 140 Å². The molecule has 1 saturated heterocycles. The molecule has 7 nitrogen and oxygen atoms in total. The first-order valence-corrected chi connectivity index (χ1v) is 8.20. The van der Waals surface area contributed by atoms with Crippen LogP contribution in [0.15, 0.2) is 18.2 Å². The number of benzene rings is 1. The van der Waals surface area contributed by atoms with Crippen molar-refractivity contribution < 1.29 is 14.4 Å². The number of fused-ring (bicyclic) bond motifs is 1. The molecule has 0 spiro atoms. The number of imide groups is 1. The molecule has 1 unspecified atom stereocenters. The zero-order valence-electron chi connectivity index (χ0n) is 13.7. The molecule has 0 aromatic heterocycles. The lowest BCUT2D eigenvalue weighted by atomic mass is 10.0. The van der Waals surface area contributed by atoms with Gasteiger partial charge in [-0.1, -0.05) is 12.1 Å². The fourth-order valence-electron chi connectivity index (χ4n) is 3.18. The Morgan fingerprint density at radius 2 is 2.17 bits per heavy atom. The second-order valence-electron chi connectivity index (χ2n) is 6.36. The third-order valence-electron chi connectivity index (χ3n) is 4.67. The fraction of sp³-hybridized carbons (Fsp3) is 0.471. The molecule has 1 aromatic rings. The summed E-state index contributed by atoms with van der Waals surface area (Å²) < 4.78 is 0. The van der Waals surface area contributed by atoms with Crippen LogP contribution in [0.3, 0.4) is 0 Å². The second-order valence-corrected chi connectivity index (χ2v) is 6.36. The van der Waals surface area contributed by atoms with E-state index in [0.717, 1.165) is 11.1 Å². The lowest BCUT2D eigenvalue weighted by molar-refractivity contribution is -0.136. The maximum absolute atomic E-state index is 12.7. The molecule has 2 aliphatic heterocycles. The number of hydrogen-bond donors (Lipinski definition) is 3. The normalized spacial score (nSPS) is 21.7. The van der Waals surface area contributed by atoms with Crippen molar-refractivity contribution in [2.24, 2.45) is 5.73 Å². The van der Waals surface area contributed by atoms with E-state index in [2.05, 4.69) is 10.6 Å². The van der Waals surface area contributed by atoms with Gasteiger partial charge in [0.15, 0.2) is 0 Å². The van der Waals surface area contributed by atoms with E-state index < -0.39 is 6.04 Å². The third-order valence-corrected chi connectivity index (χ3v) is 4.67. The zero-order chi connectivity index (χ0) is 17.3. The minimum atomic E-state index is -0.577. The summed E-state index contributed by atoms with van der Waals surface area (Å²) in [4.78, 5) is 37.6. The predicted molar refractivity (Wildman–Crippen MR) is 87.8 cm³/mol. The van der Waals surface area contributed by atoms with Crippen LogP contribution < -0.4 is 16.4 Å². The highest BCUT2D eigenvalue weighted by Crippen LogP contribution is 2.29. The highest BCUT2D eigenvalue weighted by Gasteiger charge is 2.39. The molecule has 3 amide bonds. The Morgan fingerprint density at radius 3 is 2.88 bits per heavy atom. The van der Waals surface area contributed by atoms with Crippen LogP contribution in [0.5, 0.6) is 0 Å². The van der Waals surface area contributed by atoms with Crippen LogP contribution in [-0.2, 0) is 22.7 Å². The Kier molecular flexibility index (Phi) is 4.64. The van der Waals surface area contributed by atoms with Gasteiger partial charge in [0.05, 0.1) is 0 Å². The molecule has 0 saturated carbocycles. The van der Waals surface area contributed by atoms with Gasteiger partial charge in [0, 0.05) is 37.7 Å². The maximum atomic E-state index is 12.7. The van der Waals surface area contributed by atoms with Gasteiger partial charge in [-0.15, -0.1) is 0 Å². The Morgan fingerprint density at radius 1 is 1.38 bits per heavy atom. The highest BCUT2D eigenvalue weighted by atomic mass is 16.2. The zero-order valence-corrected chi connectivity index (χ0v) is 13.7. The van der Waals surface area contributed by atoms with E-state index in [0.29, 0.717) is 31.6 Å². The van der Waals surface area contributed by atoms with Gasteiger partial charge < -0.3 is 16.0 Å². The molecular formula is C17H22N4O3. The number of rotatable bonds is 5. The van der Waals surface area contributed by atoms with E-state index in [4.69, 9.17) is 5.73 Å². The molecule has 0 aliphatic carbocycles. The van der Waals surface area contributed by atoms with Gasteiger partial charge in [-0.3, -0.25) is 19.7 Å². The molecule has 0 bridgehead atoms. The molecule has 4 N–H and O–H groups in total. The number of amides is 3. The van der Waals surface area contributed by atoms with Crippen molar-refractivity contribution in [3.05, 3.63) is 34.9 Å². The van der Waals surface area contributed by atoms with E-state index in [1.165, 1.54) is 0 Å². The van der Waals surface area contributed by atoms with Crippen molar-refractivity contribution >= 4 is 17.7 Å². The van der Waals surface area contributed by atoms with Crippen molar-refractivity contribution in [1.29, 1.82) is 0 Å². The number of hydrogen-bond acceptors (Lipinski definition) is 5. The molecule has 2 heterocycles. The first-order chi connectivity index (χ1) is 11.5. The van der Waals surface area contributed by atoms with Crippen LogP contribution in [0.4, 0.5) is 0 Å². The van der Waals surface area contributed by atoms with Crippen LogP contribution in [0.25, 0.3) is 0 Å². The van der Waals surface area contributed by atoms with E-state index in [1.807, 2.05) is 19.1 Å². The lowest BCUT2D eigenvalue weighted by Crippen LogP contribution is -2.52. The number of carbonyl (C=O) groups is 3. The quantitative estimate of drug-likeness (QED) is 0.653. The van der Waals surface area contributed by atoms with Gasteiger partial charge in [-0.2, -0.15) is 0 Å². The van der Waals surface area contributed by atoms with Crippen LogP contribution in [-0.4, -0.2) is 41.2 Å². The van der Waals surface area contributed by atoms with Crippen molar-refractivity contribution in [1.82, 2.24) is 15.5 Å². The fourth-order valence-corrected chi connectivity index (χ4v) is 3.18. The summed E-state index contributed by atoms with van der Waals surface area (Å²) in [5, 5.41) is 5.64. The van der Waals surface area contributed by atoms with E-state index >= 15 is 0 Å². The molecule has 1 fully saturated rings. The molecule has 2 atom stereocenters. The van der Waals surface area contributed by atoms with Crippen LogP contribution in [0.2, 0.25) is 0 Å². The number of nitrogens with two attached hydrogens (primary N) is 1. The van der Waals surface area contributed by atoms with Crippen molar-refractivity contribution in [2.75, 3.05) is 6.54 Å². The minimum Gasteiger partial charge on any atom is -0.329 e. The summed E-state index contributed by atoms with van der Waals surface area (Å²) in [6.45, 7) is 3.56. The number of nitrogens with zero attached hydrogens (tertiary/aromatic N) is 1. The summed E-state index contributed by atoms with van der Waals surface area (Å²) in [6, 6.07) is 5.24. The van der Waals surface area contributed by atoms with E-state index in [-0.39, 0.29) is 30.2 Å². The Hall–Kier alpha value is -2.25. The van der Waals surface area contributed by atoms with Gasteiger partial charge >= 0.3 is 0 Å². The first-order valence-electron chi connectivity index (χ1n) is 8.20. The molecule has 2 aliphatic rings. The SMILES string of the molecule is C[C@@H](CN)NCc1cccc2c1CN(C1CCC(=O)NC1=O)C2=O. The molecule has 0 radical (unpaired) electrons. The van der Waals surface area contributed by atoms with E-state index in [1.54, 1.807) is 11.0 Å². The molecule has 24 heavy (non-hydrogen) atoms. The van der Waals surface area contributed by atoms with Crippen LogP contribution in [0, 0.1) is 0 Å². The molecular weight excluding hydrogens is 308 g/mol. The highest BCUT2D eigenvalue weighted by molar-refractivity contribution is 6.05. The second kappa shape index (κ2) is 6.70. The Bertz CT molecular complexity index is 688. The van der Waals surface area contributed by atoms with Crippen LogP contribution in [0.1, 0.15) is 41.3 Å². The monoisotopic (exact) mass is 330 g/mol. The lowest BCUT2D eigenvalue weighted by Gasteiger charge is -2.29. The van der Waals surface area contributed by atoms with E-state index in [9.17, 15) is 14.4 Å². The Balaban J connectivity index is 1.79. The number of nitrogens with one attached hydrogen (secondary N) is 2. The average molecular weight is 330 g/mol. The third kappa shape index (κ3) is 3.05. The number of piperidine rings is 1.